The molecule has 2 aromatic heterocycles. The summed E-state index contributed by atoms with van der Waals surface area (Å²) in [5, 5.41) is 2.72. The molecule has 0 amide bonds. The van der Waals surface area contributed by atoms with Crippen molar-refractivity contribution in [3.8, 4) is 0 Å². The van der Waals surface area contributed by atoms with Crippen molar-refractivity contribution in [2.24, 2.45) is 5.73 Å². The third-order valence-electron chi connectivity index (χ3n) is 1.50. The van der Waals surface area contributed by atoms with E-state index in [-0.39, 0.29) is 12.1 Å². The molecule has 0 atom stereocenters. The predicted molar refractivity (Wildman–Crippen MR) is 41.5 cm³/mol. The van der Waals surface area contributed by atoms with Crippen molar-refractivity contribution in [2.75, 3.05) is 0 Å². The van der Waals surface area contributed by atoms with Gasteiger partial charge in [-0.1, -0.05) is 0 Å². The van der Waals surface area contributed by atoms with E-state index in [9.17, 15) is 4.79 Å². The first-order valence-corrected chi connectivity index (χ1v) is 3.44. The second kappa shape index (κ2) is 2.42. The van der Waals surface area contributed by atoms with Gasteiger partial charge >= 0.3 is 0 Å². The fraction of sp³-hybridized carbons (Fsp3) is 0.167. The van der Waals surface area contributed by atoms with Gasteiger partial charge in [-0.05, 0) is 0 Å². The third kappa shape index (κ3) is 0.892. The second-order valence-electron chi connectivity index (χ2n) is 2.29. The number of hydrogen-bond donors (Lipinski definition) is 2. The van der Waals surface area contributed by atoms with Gasteiger partial charge in [0.2, 0.25) is 0 Å². The van der Waals surface area contributed by atoms with E-state index in [0.717, 1.165) is 0 Å². The Balaban J connectivity index is 2.83. The molecule has 0 fully saturated rings. The molecule has 0 aliphatic carbocycles. The summed E-state index contributed by atoms with van der Waals surface area (Å²) in [4.78, 5) is 19.0. The lowest BCUT2D eigenvalue weighted by Gasteiger charge is -1.85. The summed E-state index contributed by atoms with van der Waals surface area (Å²) in [6, 6.07) is 1.35. The average molecular weight is 165 g/mol. The average Bonchev–Trinajstić information content (AvgIpc) is 2.49. The summed E-state index contributed by atoms with van der Waals surface area (Å²) in [5.74, 6) is 0.897. The maximum Gasteiger partial charge on any atom is 0.273 e. The third-order valence-corrected chi connectivity index (χ3v) is 1.50. The maximum absolute atomic E-state index is 11.1. The zero-order valence-electron chi connectivity index (χ0n) is 6.19. The Kier molecular flexibility index (Phi) is 1.41. The van der Waals surface area contributed by atoms with Crippen LogP contribution in [0, 0.1) is 0 Å². The van der Waals surface area contributed by atoms with Gasteiger partial charge in [-0.3, -0.25) is 9.89 Å². The molecule has 6 heteroatoms. The Hall–Kier alpha value is -1.69. The van der Waals surface area contributed by atoms with Crippen molar-refractivity contribution in [1.29, 1.82) is 0 Å². The normalized spacial score (nSPS) is 10.8. The SMILES string of the molecule is NCc1nc2nccc(=O)n2[nH]1. The molecule has 0 aromatic carbocycles. The highest BCUT2D eigenvalue weighted by Gasteiger charge is 2.01. The molecule has 0 saturated heterocycles. The van der Waals surface area contributed by atoms with E-state index in [0.29, 0.717) is 11.6 Å². The van der Waals surface area contributed by atoms with E-state index in [2.05, 4.69) is 15.1 Å². The number of aromatic amines is 1. The fourth-order valence-electron chi connectivity index (χ4n) is 0.949. The predicted octanol–water partition coefficient (Wildman–Crippen LogP) is -1.12. The van der Waals surface area contributed by atoms with Gasteiger partial charge in [0.25, 0.3) is 11.3 Å². The Morgan fingerprint density at radius 1 is 1.67 bits per heavy atom. The maximum atomic E-state index is 11.1. The van der Waals surface area contributed by atoms with E-state index in [1.54, 1.807) is 0 Å². The minimum atomic E-state index is -0.188. The summed E-state index contributed by atoms with van der Waals surface area (Å²) in [7, 11) is 0. The highest BCUT2D eigenvalue weighted by molar-refractivity contribution is 5.24. The molecule has 0 radical (unpaired) electrons. The largest absolute Gasteiger partial charge is 0.324 e. The number of rotatable bonds is 1. The van der Waals surface area contributed by atoms with Gasteiger partial charge in [-0.25, -0.2) is 4.98 Å². The monoisotopic (exact) mass is 165 g/mol. The van der Waals surface area contributed by atoms with Crippen LogP contribution in [0.5, 0.6) is 0 Å². The lowest BCUT2D eigenvalue weighted by atomic mass is 10.6. The van der Waals surface area contributed by atoms with Crippen molar-refractivity contribution >= 4 is 5.78 Å². The highest BCUT2D eigenvalue weighted by atomic mass is 16.1. The number of nitrogens with one attached hydrogen (secondary N) is 1. The summed E-state index contributed by atoms with van der Waals surface area (Å²) in [6.07, 6.45) is 1.42. The quantitative estimate of drug-likeness (QED) is 0.560. The van der Waals surface area contributed by atoms with E-state index in [1.165, 1.54) is 16.8 Å². The molecule has 0 unspecified atom stereocenters. The van der Waals surface area contributed by atoms with Crippen molar-refractivity contribution in [1.82, 2.24) is 19.6 Å². The van der Waals surface area contributed by atoms with Gasteiger partial charge in [0.1, 0.15) is 5.82 Å². The van der Waals surface area contributed by atoms with Gasteiger partial charge in [0.05, 0.1) is 6.54 Å². The van der Waals surface area contributed by atoms with Crippen molar-refractivity contribution in [3.05, 3.63) is 28.4 Å². The van der Waals surface area contributed by atoms with E-state index >= 15 is 0 Å². The summed E-state index contributed by atoms with van der Waals surface area (Å²) in [6.45, 7) is 0.267. The minimum Gasteiger partial charge on any atom is -0.324 e. The zero-order chi connectivity index (χ0) is 8.55. The van der Waals surface area contributed by atoms with Gasteiger partial charge in [0.15, 0.2) is 0 Å². The van der Waals surface area contributed by atoms with Crippen LogP contribution in [-0.4, -0.2) is 19.6 Å². The Morgan fingerprint density at radius 2 is 2.50 bits per heavy atom. The molecule has 0 bridgehead atoms. The Morgan fingerprint density at radius 3 is 3.17 bits per heavy atom. The van der Waals surface area contributed by atoms with Crippen LogP contribution in [0.3, 0.4) is 0 Å². The molecule has 0 aliphatic rings. The molecule has 62 valence electrons. The number of nitrogens with two attached hydrogens (primary N) is 1. The molecule has 12 heavy (non-hydrogen) atoms. The van der Waals surface area contributed by atoms with Crippen LogP contribution >= 0.6 is 0 Å². The Labute approximate surface area is 67.0 Å². The van der Waals surface area contributed by atoms with Crippen molar-refractivity contribution in [2.45, 2.75) is 6.54 Å². The number of H-pyrrole nitrogens is 1. The van der Waals surface area contributed by atoms with Gasteiger partial charge in [-0.15, -0.1) is 0 Å². The van der Waals surface area contributed by atoms with Gasteiger partial charge < -0.3 is 5.73 Å². The lowest BCUT2D eigenvalue weighted by molar-refractivity contribution is 0.843. The van der Waals surface area contributed by atoms with Crippen LogP contribution in [0.1, 0.15) is 5.82 Å². The van der Waals surface area contributed by atoms with Gasteiger partial charge in [-0.2, -0.15) is 9.50 Å². The second-order valence-corrected chi connectivity index (χ2v) is 2.29. The standard InChI is InChI=1S/C6H7N5O/c7-3-4-9-6-8-2-1-5(12)11(6)10-4/h1-2H,3,7H2,(H,8,9,10). The van der Waals surface area contributed by atoms with E-state index in [1.807, 2.05) is 0 Å². The molecular formula is C6H7N5O. The van der Waals surface area contributed by atoms with Crippen LogP contribution < -0.4 is 11.3 Å². The van der Waals surface area contributed by atoms with E-state index < -0.39 is 0 Å². The molecule has 0 saturated carbocycles. The zero-order valence-corrected chi connectivity index (χ0v) is 6.19. The Bertz CT molecular complexity index is 456. The number of aromatic nitrogens is 4. The van der Waals surface area contributed by atoms with Crippen LogP contribution in [0.2, 0.25) is 0 Å². The van der Waals surface area contributed by atoms with E-state index in [4.69, 9.17) is 5.73 Å². The van der Waals surface area contributed by atoms with Gasteiger partial charge in [0, 0.05) is 12.3 Å². The summed E-state index contributed by atoms with van der Waals surface area (Å²) in [5.41, 5.74) is 5.14. The van der Waals surface area contributed by atoms with Crippen LogP contribution in [0.15, 0.2) is 17.1 Å². The summed E-state index contributed by atoms with van der Waals surface area (Å²) >= 11 is 0. The first-order chi connectivity index (χ1) is 5.81. The molecule has 0 spiro atoms. The lowest BCUT2D eigenvalue weighted by Crippen LogP contribution is -2.13. The van der Waals surface area contributed by atoms with Crippen LogP contribution in [0.25, 0.3) is 5.78 Å². The van der Waals surface area contributed by atoms with Crippen LogP contribution in [-0.2, 0) is 6.54 Å². The molecule has 0 aliphatic heterocycles. The number of nitrogens with zero attached hydrogens (tertiary/aromatic N) is 3. The smallest absolute Gasteiger partial charge is 0.273 e. The summed E-state index contributed by atoms with van der Waals surface area (Å²) < 4.78 is 1.25. The van der Waals surface area contributed by atoms with Crippen molar-refractivity contribution in [3.63, 3.8) is 0 Å². The fourth-order valence-corrected chi connectivity index (χ4v) is 0.949. The molecule has 2 heterocycles. The first-order valence-electron chi connectivity index (χ1n) is 3.44. The molecule has 2 rings (SSSR count). The number of hydrogen-bond acceptors (Lipinski definition) is 4. The highest BCUT2D eigenvalue weighted by Crippen LogP contribution is 1.91. The first kappa shape index (κ1) is 6.99. The van der Waals surface area contributed by atoms with Crippen molar-refractivity contribution < 1.29 is 0 Å². The molecule has 6 nitrogen and oxygen atoms in total. The minimum absolute atomic E-state index is 0.188. The molecular weight excluding hydrogens is 158 g/mol. The molecule has 2 aromatic rings. The topological polar surface area (TPSA) is 89.1 Å². The van der Waals surface area contributed by atoms with Crippen LogP contribution in [0.4, 0.5) is 0 Å². The number of fused-ring (bicyclic) bond motifs is 1. The molecule has 3 N–H and O–H groups in total.